The summed E-state index contributed by atoms with van der Waals surface area (Å²) in [7, 11) is 1.85. The third-order valence-electron chi connectivity index (χ3n) is 5.66. The van der Waals surface area contributed by atoms with E-state index in [0.29, 0.717) is 18.2 Å². The predicted octanol–water partition coefficient (Wildman–Crippen LogP) is 3.17. The third-order valence-corrected chi connectivity index (χ3v) is 5.66. The van der Waals surface area contributed by atoms with Gasteiger partial charge in [0.2, 0.25) is 5.95 Å². The zero-order chi connectivity index (χ0) is 22.2. The highest BCUT2D eigenvalue weighted by molar-refractivity contribution is 5.95. The van der Waals surface area contributed by atoms with Crippen molar-refractivity contribution in [2.24, 2.45) is 7.05 Å². The lowest BCUT2D eigenvalue weighted by Gasteiger charge is -2.34. The minimum atomic E-state index is 0.000551. The van der Waals surface area contributed by atoms with Crippen LogP contribution >= 0.6 is 0 Å². The van der Waals surface area contributed by atoms with Crippen LogP contribution in [0.4, 0.5) is 11.8 Å². The summed E-state index contributed by atoms with van der Waals surface area (Å²) in [4.78, 5) is 28.7. The van der Waals surface area contributed by atoms with Crippen molar-refractivity contribution in [1.29, 1.82) is 0 Å². The standard InChI is InChI=1S/C23H24N8O/c1-15-5-4-6-18(26-15)14-31-16(2)12-30-13-17(11-20(30)22(31)32)19-7-9-24-23(27-19)28-21-8-10-25-29(21)3/h4-11,13,16H,12,14H2,1-3H3,(H,24,27,28). The van der Waals surface area contributed by atoms with E-state index in [1.807, 2.05) is 66.0 Å². The molecule has 9 nitrogen and oxygen atoms in total. The number of hydrogen-bond acceptors (Lipinski definition) is 6. The SMILES string of the molecule is Cc1cccc(CN2C(=O)c3cc(-c4ccnc(Nc5ccnn5C)n4)cn3CC2C)n1. The molecule has 32 heavy (non-hydrogen) atoms. The number of carbonyl (C=O) groups is 1. The van der Waals surface area contributed by atoms with Crippen molar-refractivity contribution >= 4 is 17.7 Å². The van der Waals surface area contributed by atoms with E-state index < -0.39 is 0 Å². The zero-order valence-corrected chi connectivity index (χ0v) is 18.2. The summed E-state index contributed by atoms with van der Waals surface area (Å²) >= 11 is 0. The Morgan fingerprint density at radius 3 is 2.81 bits per heavy atom. The molecule has 0 aromatic carbocycles. The highest BCUT2D eigenvalue weighted by Crippen LogP contribution is 2.27. The molecule has 1 amide bonds. The number of aromatic nitrogens is 6. The lowest BCUT2D eigenvalue weighted by molar-refractivity contribution is 0.0592. The Balaban J connectivity index is 1.41. The van der Waals surface area contributed by atoms with Gasteiger partial charge in [0, 0.05) is 49.4 Å². The summed E-state index contributed by atoms with van der Waals surface area (Å²) in [6.07, 6.45) is 5.40. The van der Waals surface area contributed by atoms with Crippen LogP contribution < -0.4 is 5.32 Å². The molecule has 0 saturated heterocycles. The second-order valence-corrected chi connectivity index (χ2v) is 8.05. The number of nitrogens with one attached hydrogen (secondary N) is 1. The van der Waals surface area contributed by atoms with Crippen LogP contribution in [0.5, 0.6) is 0 Å². The Bertz CT molecular complexity index is 1290. The van der Waals surface area contributed by atoms with Crippen molar-refractivity contribution in [2.45, 2.75) is 33.0 Å². The number of carbonyl (C=O) groups excluding carboxylic acids is 1. The van der Waals surface area contributed by atoms with Crippen molar-refractivity contribution in [3.63, 3.8) is 0 Å². The van der Waals surface area contributed by atoms with Crippen LogP contribution in [0, 0.1) is 6.92 Å². The third kappa shape index (κ3) is 3.73. The second kappa shape index (κ2) is 7.92. The number of amides is 1. The van der Waals surface area contributed by atoms with E-state index in [-0.39, 0.29) is 11.9 Å². The van der Waals surface area contributed by atoms with E-state index in [4.69, 9.17) is 0 Å². The summed E-state index contributed by atoms with van der Waals surface area (Å²) in [6.45, 7) is 5.24. The smallest absolute Gasteiger partial charge is 0.271 e. The molecular formula is C23H24N8O. The lowest BCUT2D eigenvalue weighted by Crippen LogP contribution is -2.45. The highest BCUT2D eigenvalue weighted by atomic mass is 16.2. The number of aryl methyl sites for hydroxylation is 2. The van der Waals surface area contributed by atoms with Crippen molar-refractivity contribution in [3.8, 4) is 11.3 Å². The van der Waals surface area contributed by atoms with Gasteiger partial charge in [0.15, 0.2) is 0 Å². The van der Waals surface area contributed by atoms with Gasteiger partial charge < -0.3 is 14.8 Å². The maximum atomic E-state index is 13.3. The number of pyridine rings is 1. The quantitative estimate of drug-likeness (QED) is 0.525. The molecule has 0 bridgehead atoms. The van der Waals surface area contributed by atoms with Crippen LogP contribution in [0.25, 0.3) is 11.3 Å². The van der Waals surface area contributed by atoms with Gasteiger partial charge in [-0.3, -0.25) is 14.5 Å². The number of hydrogen-bond donors (Lipinski definition) is 1. The average Bonchev–Trinajstić information content (AvgIpc) is 3.38. The Morgan fingerprint density at radius 1 is 1.16 bits per heavy atom. The van der Waals surface area contributed by atoms with E-state index in [1.165, 1.54) is 0 Å². The van der Waals surface area contributed by atoms with Gasteiger partial charge in [-0.1, -0.05) is 6.07 Å². The molecule has 9 heteroatoms. The first-order chi connectivity index (χ1) is 15.5. The van der Waals surface area contributed by atoms with Crippen molar-refractivity contribution in [3.05, 3.63) is 72.1 Å². The first-order valence-corrected chi connectivity index (χ1v) is 10.5. The molecule has 0 saturated carbocycles. The molecule has 0 aliphatic carbocycles. The molecule has 1 unspecified atom stereocenters. The van der Waals surface area contributed by atoms with Gasteiger partial charge in [0.25, 0.3) is 5.91 Å². The number of rotatable bonds is 5. The monoisotopic (exact) mass is 428 g/mol. The molecule has 0 radical (unpaired) electrons. The van der Waals surface area contributed by atoms with Gasteiger partial charge >= 0.3 is 0 Å². The molecular weight excluding hydrogens is 404 g/mol. The van der Waals surface area contributed by atoms with Crippen LogP contribution in [0.3, 0.4) is 0 Å². The van der Waals surface area contributed by atoms with Gasteiger partial charge in [0.1, 0.15) is 11.5 Å². The zero-order valence-electron chi connectivity index (χ0n) is 18.2. The number of anilines is 2. The van der Waals surface area contributed by atoms with E-state index in [2.05, 4.69) is 32.3 Å². The van der Waals surface area contributed by atoms with Crippen LogP contribution in [0.2, 0.25) is 0 Å². The summed E-state index contributed by atoms with van der Waals surface area (Å²) < 4.78 is 3.73. The molecule has 1 atom stereocenters. The largest absolute Gasteiger partial charge is 0.341 e. The van der Waals surface area contributed by atoms with Crippen LogP contribution in [0.1, 0.15) is 28.8 Å². The summed E-state index contributed by atoms with van der Waals surface area (Å²) in [5.74, 6) is 1.27. The summed E-state index contributed by atoms with van der Waals surface area (Å²) in [5, 5.41) is 7.31. The normalized spacial score (nSPS) is 15.7. The first-order valence-electron chi connectivity index (χ1n) is 10.5. The van der Waals surface area contributed by atoms with E-state index in [0.717, 1.165) is 35.0 Å². The topological polar surface area (TPSA) is 93.8 Å². The molecule has 162 valence electrons. The van der Waals surface area contributed by atoms with Gasteiger partial charge in [-0.25, -0.2) is 9.97 Å². The van der Waals surface area contributed by atoms with Gasteiger partial charge in [-0.15, -0.1) is 0 Å². The minimum Gasteiger partial charge on any atom is -0.341 e. The van der Waals surface area contributed by atoms with E-state index >= 15 is 0 Å². The summed E-state index contributed by atoms with van der Waals surface area (Å²) in [5.41, 5.74) is 4.13. The average molecular weight is 429 g/mol. The maximum Gasteiger partial charge on any atom is 0.271 e. The Kier molecular flexibility index (Phi) is 4.93. The van der Waals surface area contributed by atoms with Crippen LogP contribution in [-0.2, 0) is 20.1 Å². The van der Waals surface area contributed by atoms with Crippen LogP contribution in [0.15, 0.2) is 55.0 Å². The molecule has 5 heterocycles. The molecule has 1 aliphatic rings. The molecule has 1 aliphatic heterocycles. The first kappa shape index (κ1) is 19.9. The molecule has 4 aromatic rings. The molecule has 0 spiro atoms. The van der Waals surface area contributed by atoms with Crippen LogP contribution in [-0.4, -0.2) is 46.1 Å². The molecule has 1 N–H and O–H groups in total. The van der Waals surface area contributed by atoms with Crippen molar-refractivity contribution in [2.75, 3.05) is 5.32 Å². The van der Waals surface area contributed by atoms with Crippen molar-refractivity contribution in [1.82, 2.24) is 34.2 Å². The Morgan fingerprint density at radius 2 is 2.03 bits per heavy atom. The van der Waals surface area contributed by atoms with E-state index in [1.54, 1.807) is 17.1 Å². The fourth-order valence-electron chi connectivity index (χ4n) is 3.99. The van der Waals surface area contributed by atoms with E-state index in [9.17, 15) is 4.79 Å². The molecule has 0 fully saturated rings. The highest BCUT2D eigenvalue weighted by Gasteiger charge is 2.31. The molecule has 4 aromatic heterocycles. The Labute approximate surface area is 185 Å². The number of fused-ring (bicyclic) bond motifs is 1. The predicted molar refractivity (Wildman–Crippen MR) is 120 cm³/mol. The number of nitrogens with zero attached hydrogens (tertiary/aromatic N) is 7. The molecule has 5 rings (SSSR count). The van der Waals surface area contributed by atoms with Gasteiger partial charge in [0.05, 0.1) is 24.1 Å². The fraction of sp³-hybridized carbons (Fsp3) is 0.261. The van der Waals surface area contributed by atoms with Gasteiger partial charge in [-0.2, -0.15) is 5.10 Å². The maximum absolute atomic E-state index is 13.3. The fourth-order valence-corrected chi connectivity index (χ4v) is 3.99. The van der Waals surface area contributed by atoms with Gasteiger partial charge in [-0.05, 0) is 38.1 Å². The summed E-state index contributed by atoms with van der Waals surface area (Å²) in [6, 6.07) is 11.6. The minimum absolute atomic E-state index is 0.000551. The Hall–Kier alpha value is -4.01. The lowest BCUT2D eigenvalue weighted by atomic mass is 10.1. The van der Waals surface area contributed by atoms with Crippen molar-refractivity contribution < 1.29 is 4.79 Å². The second-order valence-electron chi connectivity index (χ2n) is 8.05.